The van der Waals surface area contributed by atoms with Gasteiger partial charge in [-0.3, -0.25) is 14.6 Å². The van der Waals surface area contributed by atoms with Gasteiger partial charge in [-0.25, -0.2) is 4.79 Å². The Bertz CT molecular complexity index is 1320. The van der Waals surface area contributed by atoms with E-state index in [0.29, 0.717) is 24.2 Å². The highest BCUT2D eigenvalue weighted by Gasteiger charge is 2.36. The number of carbonyl (C=O) groups is 1. The first-order chi connectivity index (χ1) is 16.7. The van der Waals surface area contributed by atoms with Gasteiger partial charge in [0.2, 0.25) is 0 Å². The number of aromatic amines is 1. The molecule has 2 fully saturated rings. The normalized spacial score (nSPS) is 21.1. The van der Waals surface area contributed by atoms with Gasteiger partial charge in [0.25, 0.3) is 5.56 Å². The van der Waals surface area contributed by atoms with Gasteiger partial charge in [0.1, 0.15) is 6.10 Å². The molecule has 2 atom stereocenters. The molecule has 0 radical (unpaired) electrons. The van der Waals surface area contributed by atoms with Crippen LogP contribution in [0.3, 0.4) is 0 Å². The summed E-state index contributed by atoms with van der Waals surface area (Å²) in [7, 11) is 0. The lowest BCUT2D eigenvalue weighted by Crippen LogP contribution is -2.39. The third-order valence-corrected chi connectivity index (χ3v) is 6.69. The Labute approximate surface area is 198 Å². The lowest BCUT2D eigenvalue weighted by molar-refractivity contribution is -0.137. The molecule has 5 rings (SSSR count). The van der Waals surface area contributed by atoms with Crippen molar-refractivity contribution in [3.05, 3.63) is 64.4 Å². The van der Waals surface area contributed by atoms with Crippen LogP contribution in [0.1, 0.15) is 18.4 Å². The fraction of sp³-hybridized carbons (Fsp3) is 0.360. The number of amides is 1. The number of halogens is 3. The maximum Gasteiger partial charge on any atom is 0.417 e. The molecule has 2 unspecified atom stereocenters. The summed E-state index contributed by atoms with van der Waals surface area (Å²) in [6.45, 7) is 1.72. The number of benzene rings is 2. The third-order valence-electron chi connectivity index (χ3n) is 6.69. The highest BCUT2D eigenvalue weighted by atomic mass is 19.4. The van der Waals surface area contributed by atoms with Crippen LogP contribution in [0.15, 0.2) is 53.3 Å². The molecule has 184 valence electrons. The number of likely N-dealkylation sites (tertiary alicyclic amines) is 1. The first-order valence-electron chi connectivity index (χ1n) is 11.4. The van der Waals surface area contributed by atoms with Crippen molar-refractivity contribution in [3.63, 3.8) is 0 Å². The Hall–Kier alpha value is -3.37. The zero-order valence-electron chi connectivity index (χ0n) is 18.7. The van der Waals surface area contributed by atoms with Crippen molar-refractivity contribution in [2.24, 2.45) is 0 Å². The van der Waals surface area contributed by atoms with E-state index in [1.54, 1.807) is 18.2 Å². The number of nitrogens with one attached hydrogen (secondary N) is 1. The van der Waals surface area contributed by atoms with Gasteiger partial charge in [-0.1, -0.05) is 24.3 Å². The van der Waals surface area contributed by atoms with E-state index in [-0.39, 0.29) is 35.4 Å². The van der Waals surface area contributed by atoms with Crippen molar-refractivity contribution in [1.82, 2.24) is 9.88 Å². The predicted octanol–water partition coefficient (Wildman–Crippen LogP) is 4.00. The summed E-state index contributed by atoms with van der Waals surface area (Å²) < 4.78 is 45.9. The van der Waals surface area contributed by atoms with E-state index >= 15 is 0 Å². The molecule has 3 heterocycles. The first kappa shape index (κ1) is 23.4. The molecule has 10 heteroatoms. The summed E-state index contributed by atoms with van der Waals surface area (Å²) in [4.78, 5) is 31.5. The molecule has 0 spiro atoms. The van der Waals surface area contributed by atoms with Crippen LogP contribution >= 0.6 is 0 Å². The highest BCUT2D eigenvalue weighted by Crippen LogP contribution is 2.37. The van der Waals surface area contributed by atoms with E-state index in [1.165, 1.54) is 29.2 Å². The van der Waals surface area contributed by atoms with Crippen LogP contribution < -0.4 is 10.5 Å². The van der Waals surface area contributed by atoms with E-state index in [9.17, 15) is 27.9 Å². The fourth-order valence-electron chi connectivity index (χ4n) is 4.96. The molecule has 2 saturated heterocycles. The van der Waals surface area contributed by atoms with E-state index in [2.05, 4.69) is 9.88 Å². The first-order valence-corrected chi connectivity index (χ1v) is 11.4. The van der Waals surface area contributed by atoms with Crippen LogP contribution in [0.4, 0.5) is 23.7 Å². The van der Waals surface area contributed by atoms with Crippen molar-refractivity contribution in [3.8, 4) is 11.3 Å². The maximum atomic E-state index is 13.5. The van der Waals surface area contributed by atoms with Gasteiger partial charge in [-0.15, -0.1) is 0 Å². The number of aliphatic hydroxyl groups excluding tert-OH is 1. The van der Waals surface area contributed by atoms with Crippen LogP contribution in [-0.4, -0.2) is 59.5 Å². The number of cyclic esters (lactones) is 1. The molecule has 7 nitrogen and oxygen atoms in total. The number of H-pyrrole nitrogens is 1. The van der Waals surface area contributed by atoms with Crippen LogP contribution in [-0.2, 0) is 10.9 Å². The summed E-state index contributed by atoms with van der Waals surface area (Å²) in [6.07, 6.45) is -3.57. The fourth-order valence-corrected chi connectivity index (χ4v) is 4.96. The number of hydrogen-bond acceptors (Lipinski definition) is 5. The number of rotatable bonds is 5. The Morgan fingerprint density at radius 2 is 1.91 bits per heavy atom. The monoisotopic (exact) mass is 487 g/mol. The zero-order chi connectivity index (χ0) is 24.7. The van der Waals surface area contributed by atoms with Crippen LogP contribution in [0, 0.1) is 0 Å². The molecule has 1 amide bonds. The molecule has 0 aliphatic carbocycles. The minimum atomic E-state index is -4.56. The summed E-state index contributed by atoms with van der Waals surface area (Å²) in [6, 6.07) is 11.4. The predicted molar refractivity (Wildman–Crippen MR) is 124 cm³/mol. The quantitative estimate of drug-likeness (QED) is 0.569. The van der Waals surface area contributed by atoms with E-state index in [4.69, 9.17) is 4.74 Å². The number of ether oxygens (including phenoxy) is 1. The minimum absolute atomic E-state index is 0.0628. The molecule has 2 N–H and O–H groups in total. The molecule has 2 aliphatic rings. The molecule has 35 heavy (non-hydrogen) atoms. The van der Waals surface area contributed by atoms with Gasteiger partial charge in [-0.05, 0) is 49.0 Å². The van der Waals surface area contributed by atoms with Crippen LogP contribution in [0.5, 0.6) is 0 Å². The number of alkyl halides is 3. The number of fused-ring (bicyclic) bond motifs is 1. The summed E-state index contributed by atoms with van der Waals surface area (Å²) >= 11 is 0. The van der Waals surface area contributed by atoms with E-state index < -0.39 is 23.4 Å². The molecular weight excluding hydrogens is 463 g/mol. The molecule has 0 saturated carbocycles. The Morgan fingerprint density at radius 1 is 1.11 bits per heavy atom. The number of hydrogen-bond donors (Lipinski definition) is 2. The standard InChI is InChI=1S/C25H24F3N3O4/c26-25(27,28)21-6-2-1-5-19(21)22-10-15-7-8-16(11-20(15)23(33)29-22)31-13-18(35-24(31)34)12-30-9-3-4-17(30)14-32/h1-2,5-8,10-11,17-18,32H,3-4,9,12-14H2,(H,29,33). The largest absolute Gasteiger partial charge is 0.443 e. The van der Waals surface area contributed by atoms with Crippen molar-refractivity contribution < 1.29 is 27.8 Å². The van der Waals surface area contributed by atoms with Crippen molar-refractivity contribution in [2.45, 2.75) is 31.2 Å². The third kappa shape index (κ3) is 4.51. The zero-order valence-corrected chi connectivity index (χ0v) is 18.7. The molecule has 3 aromatic rings. The number of anilines is 1. The van der Waals surface area contributed by atoms with Crippen molar-refractivity contribution in [2.75, 3.05) is 31.1 Å². The second kappa shape index (κ2) is 9.01. The van der Waals surface area contributed by atoms with Gasteiger partial charge in [0, 0.05) is 34.9 Å². The molecule has 2 aliphatic heterocycles. The molecule has 1 aromatic heterocycles. The number of pyridine rings is 1. The smallest absolute Gasteiger partial charge is 0.417 e. The van der Waals surface area contributed by atoms with Gasteiger partial charge in [-0.2, -0.15) is 13.2 Å². The number of nitrogens with zero attached hydrogens (tertiary/aromatic N) is 2. The van der Waals surface area contributed by atoms with Gasteiger partial charge in [0.15, 0.2) is 0 Å². The van der Waals surface area contributed by atoms with Crippen molar-refractivity contribution in [1.29, 1.82) is 0 Å². The Morgan fingerprint density at radius 3 is 2.69 bits per heavy atom. The highest BCUT2D eigenvalue weighted by molar-refractivity contribution is 5.94. The Balaban J connectivity index is 1.42. The van der Waals surface area contributed by atoms with Gasteiger partial charge >= 0.3 is 12.3 Å². The summed E-state index contributed by atoms with van der Waals surface area (Å²) in [5.41, 5.74) is -0.966. The molecule has 2 aromatic carbocycles. The average Bonchev–Trinajstić information content (AvgIpc) is 3.44. The second-order valence-corrected chi connectivity index (χ2v) is 8.92. The Kier molecular flexibility index (Phi) is 6.02. The van der Waals surface area contributed by atoms with Gasteiger partial charge in [0.05, 0.1) is 18.7 Å². The number of aromatic nitrogens is 1. The molecular formula is C25H24F3N3O4. The number of carbonyl (C=O) groups excluding carboxylic acids is 1. The SMILES string of the molecule is O=C1OC(CN2CCCC2CO)CN1c1ccc2cc(-c3ccccc3C(F)(F)F)[nH]c(=O)c2c1. The van der Waals surface area contributed by atoms with E-state index in [0.717, 1.165) is 25.5 Å². The van der Waals surface area contributed by atoms with Crippen LogP contribution in [0.25, 0.3) is 22.0 Å². The lowest BCUT2D eigenvalue weighted by Gasteiger charge is -2.24. The number of aliphatic hydroxyl groups is 1. The van der Waals surface area contributed by atoms with Crippen LogP contribution in [0.2, 0.25) is 0 Å². The second-order valence-electron chi connectivity index (χ2n) is 8.92. The topological polar surface area (TPSA) is 85.9 Å². The van der Waals surface area contributed by atoms with Crippen molar-refractivity contribution >= 4 is 22.6 Å². The maximum absolute atomic E-state index is 13.5. The summed E-state index contributed by atoms with van der Waals surface area (Å²) in [5.74, 6) is 0. The minimum Gasteiger partial charge on any atom is -0.443 e. The average molecular weight is 487 g/mol. The molecule has 0 bridgehead atoms. The van der Waals surface area contributed by atoms with E-state index in [1.807, 2.05) is 0 Å². The summed E-state index contributed by atoms with van der Waals surface area (Å²) in [5, 5.41) is 10.2. The lowest BCUT2D eigenvalue weighted by atomic mass is 10.0. The van der Waals surface area contributed by atoms with Gasteiger partial charge < -0.3 is 14.8 Å².